The zero-order valence-corrected chi connectivity index (χ0v) is 14.2. The van der Waals surface area contributed by atoms with Gasteiger partial charge >= 0.3 is 0 Å². The highest BCUT2D eigenvalue weighted by atomic mass is 79.9. The zero-order chi connectivity index (χ0) is 14.6. The monoisotopic (exact) mass is 374 g/mol. The summed E-state index contributed by atoms with van der Waals surface area (Å²) in [6, 6.07) is 6.81. The van der Waals surface area contributed by atoms with Gasteiger partial charge in [-0.2, -0.15) is 0 Å². The maximum Gasteiger partial charge on any atom is 0.240 e. The van der Waals surface area contributed by atoms with E-state index in [2.05, 4.69) is 25.6 Å². The van der Waals surface area contributed by atoms with Crippen LogP contribution in [0.2, 0.25) is 0 Å². The van der Waals surface area contributed by atoms with Gasteiger partial charge in [0, 0.05) is 16.4 Å². The van der Waals surface area contributed by atoms with Crippen molar-refractivity contribution in [3.63, 3.8) is 0 Å². The van der Waals surface area contributed by atoms with Gasteiger partial charge in [0.2, 0.25) is 10.0 Å². The Labute approximate surface area is 131 Å². The van der Waals surface area contributed by atoms with Crippen molar-refractivity contribution in [1.29, 1.82) is 0 Å². The number of hydrogen-bond donors (Lipinski definition) is 1. The molecule has 2 aromatic rings. The van der Waals surface area contributed by atoms with E-state index in [9.17, 15) is 8.42 Å². The lowest BCUT2D eigenvalue weighted by Gasteiger charge is -2.05. The molecule has 0 fully saturated rings. The number of thiazole rings is 1. The van der Waals surface area contributed by atoms with E-state index in [1.54, 1.807) is 30.5 Å². The lowest BCUT2D eigenvalue weighted by Crippen LogP contribution is -2.23. The van der Waals surface area contributed by atoms with Gasteiger partial charge in [-0.05, 0) is 24.1 Å². The largest absolute Gasteiger partial charge is 0.248 e. The highest BCUT2D eigenvalue weighted by molar-refractivity contribution is 9.08. The quantitative estimate of drug-likeness (QED) is 0.790. The van der Waals surface area contributed by atoms with Gasteiger partial charge in [-0.15, -0.1) is 11.3 Å². The molecule has 0 saturated carbocycles. The molecule has 1 aromatic heterocycles. The Bertz CT molecular complexity index is 666. The van der Waals surface area contributed by atoms with Crippen LogP contribution >= 0.6 is 27.3 Å². The van der Waals surface area contributed by atoms with E-state index in [1.165, 1.54) is 11.3 Å². The predicted octanol–water partition coefficient (Wildman–Crippen LogP) is 3.08. The molecule has 0 aliphatic rings. The maximum atomic E-state index is 12.1. The Hall–Kier alpha value is -0.760. The molecule has 2 rings (SSSR count). The van der Waals surface area contributed by atoms with Crippen LogP contribution in [-0.4, -0.2) is 13.4 Å². The third-order valence-electron chi connectivity index (χ3n) is 2.75. The molecule has 1 N–H and O–H groups in total. The van der Waals surface area contributed by atoms with E-state index < -0.39 is 10.0 Å². The van der Waals surface area contributed by atoms with Gasteiger partial charge in [-0.25, -0.2) is 18.1 Å². The number of rotatable bonds is 6. The molecule has 4 nitrogen and oxygen atoms in total. The Kier molecular flexibility index (Phi) is 5.31. The SMILES string of the molecule is CCc1cnc(CNS(=O)(=O)c2ccc(CBr)cc2)s1. The Morgan fingerprint density at radius 1 is 1.30 bits per heavy atom. The van der Waals surface area contributed by atoms with Crippen molar-refractivity contribution in [3.05, 3.63) is 45.9 Å². The lowest BCUT2D eigenvalue weighted by molar-refractivity contribution is 0.581. The molecule has 0 atom stereocenters. The molecule has 20 heavy (non-hydrogen) atoms. The molecule has 0 saturated heterocycles. The second kappa shape index (κ2) is 6.80. The van der Waals surface area contributed by atoms with Gasteiger partial charge in [-0.3, -0.25) is 0 Å². The average molecular weight is 375 g/mol. The van der Waals surface area contributed by atoms with Gasteiger partial charge in [0.25, 0.3) is 0 Å². The van der Waals surface area contributed by atoms with E-state index in [4.69, 9.17) is 0 Å². The summed E-state index contributed by atoms with van der Waals surface area (Å²) in [5.41, 5.74) is 1.04. The number of nitrogens with zero attached hydrogens (tertiary/aromatic N) is 1. The second-order valence-electron chi connectivity index (χ2n) is 4.18. The maximum absolute atomic E-state index is 12.1. The number of aryl methyl sites for hydroxylation is 1. The van der Waals surface area contributed by atoms with Crippen molar-refractivity contribution in [2.75, 3.05) is 0 Å². The molecule has 0 spiro atoms. The number of aromatic nitrogens is 1. The van der Waals surface area contributed by atoms with Gasteiger partial charge in [0.05, 0.1) is 11.4 Å². The molecule has 0 aliphatic carbocycles. The molecule has 0 amide bonds. The van der Waals surface area contributed by atoms with Crippen molar-refractivity contribution < 1.29 is 8.42 Å². The van der Waals surface area contributed by atoms with Crippen LogP contribution in [0.5, 0.6) is 0 Å². The predicted molar refractivity (Wildman–Crippen MR) is 84.6 cm³/mol. The number of halogens is 1. The van der Waals surface area contributed by atoms with E-state index in [1.807, 2.05) is 6.92 Å². The smallest absolute Gasteiger partial charge is 0.240 e. The molecule has 0 aliphatic heterocycles. The fourth-order valence-electron chi connectivity index (χ4n) is 1.59. The van der Waals surface area contributed by atoms with Crippen LogP contribution in [0.4, 0.5) is 0 Å². The van der Waals surface area contributed by atoms with Crippen molar-refractivity contribution in [2.24, 2.45) is 0 Å². The van der Waals surface area contributed by atoms with Crippen LogP contribution in [0.1, 0.15) is 22.4 Å². The summed E-state index contributed by atoms with van der Waals surface area (Å²) < 4.78 is 26.8. The van der Waals surface area contributed by atoms with Crippen LogP contribution in [0.25, 0.3) is 0 Å². The molecule has 0 radical (unpaired) electrons. The minimum absolute atomic E-state index is 0.229. The Balaban J connectivity index is 2.06. The number of sulfonamides is 1. The molecule has 1 aromatic carbocycles. The number of benzene rings is 1. The van der Waals surface area contributed by atoms with Gasteiger partial charge in [0.1, 0.15) is 5.01 Å². The Morgan fingerprint density at radius 3 is 2.55 bits per heavy atom. The van der Waals surface area contributed by atoms with Gasteiger partial charge in [0.15, 0.2) is 0 Å². The minimum atomic E-state index is -3.48. The van der Waals surface area contributed by atoms with Crippen LogP contribution in [0.3, 0.4) is 0 Å². The molecule has 0 unspecified atom stereocenters. The molecular weight excluding hydrogens is 360 g/mol. The highest BCUT2D eigenvalue weighted by Gasteiger charge is 2.14. The fraction of sp³-hybridized carbons (Fsp3) is 0.308. The second-order valence-corrected chi connectivity index (χ2v) is 7.70. The van der Waals surface area contributed by atoms with E-state index in [0.717, 1.165) is 21.9 Å². The van der Waals surface area contributed by atoms with E-state index >= 15 is 0 Å². The number of hydrogen-bond acceptors (Lipinski definition) is 4. The summed E-state index contributed by atoms with van der Waals surface area (Å²) in [4.78, 5) is 5.62. The third kappa shape index (κ3) is 3.88. The first-order chi connectivity index (χ1) is 9.55. The number of alkyl halides is 1. The molecular formula is C13H15BrN2O2S2. The fourth-order valence-corrected chi connectivity index (χ4v) is 3.85. The normalized spacial score (nSPS) is 11.7. The average Bonchev–Trinajstić information content (AvgIpc) is 2.93. The molecule has 1 heterocycles. The van der Waals surface area contributed by atoms with Gasteiger partial charge < -0.3 is 0 Å². The number of nitrogens with one attached hydrogen (secondary N) is 1. The molecule has 108 valence electrons. The van der Waals surface area contributed by atoms with Crippen molar-refractivity contribution >= 4 is 37.3 Å². The first kappa shape index (κ1) is 15.6. The topological polar surface area (TPSA) is 59.1 Å². The summed E-state index contributed by atoms with van der Waals surface area (Å²) in [7, 11) is -3.48. The molecule has 7 heteroatoms. The highest BCUT2D eigenvalue weighted by Crippen LogP contribution is 2.16. The molecule has 0 bridgehead atoms. The Morgan fingerprint density at radius 2 is 2.00 bits per heavy atom. The summed E-state index contributed by atoms with van der Waals surface area (Å²) in [6.45, 7) is 2.28. The van der Waals surface area contributed by atoms with E-state index in [-0.39, 0.29) is 11.4 Å². The van der Waals surface area contributed by atoms with E-state index in [0.29, 0.717) is 5.33 Å². The summed E-state index contributed by atoms with van der Waals surface area (Å²) in [5.74, 6) is 0. The van der Waals surface area contributed by atoms with Crippen LogP contribution in [-0.2, 0) is 28.3 Å². The summed E-state index contributed by atoms with van der Waals surface area (Å²) in [6.07, 6.45) is 2.71. The lowest BCUT2D eigenvalue weighted by atomic mass is 10.2. The first-order valence-electron chi connectivity index (χ1n) is 6.13. The van der Waals surface area contributed by atoms with Crippen molar-refractivity contribution in [2.45, 2.75) is 30.1 Å². The first-order valence-corrected chi connectivity index (χ1v) is 9.55. The summed E-state index contributed by atoms with van der Waals surface area (Å²) >= 11 is 4.86. The zero-order valence-electron chi connectivity index (χ0n) is 11.0. The van der Waals surface area contributed by atoms with Crippen LogP contribution in [0.15, 0.2) is 35.4 Å². The minimum Gasteiger partial charge on any atom is -0.248 e. The van der Waals surface area contributed by atoms with Crippen LogP contribution < -0.4 is 4.72 Å². The van der Waals surface area contributed by atoms with Crippen LogP contribution in [0, 0.1) is 0 Å². The third-order valence-corrected chi connectivity index (χ3v) is 5.96. The van der Waals surface area contributed by atoms with Crippen molar-refractivity contribution in [1.82, 2.24) is 9.71 Å². The van der Waals surface area contributed by atoms with Crippen molar-refractivity contribution in [3.8, 4) is 0 Å². The summed E-state index contributed by atoms with van der Waals surface area (Å²) in [5, 5.41) is 1.49. The van der Waals surface area contributed by atoms with Gasteiger partial charge in [-0.1, -0.05) is 35.0 Å². The standard InChI is InChI=1S/C13H15BrN2O2S2/c1-2-11-8-15-13(19-11)9-16-20(17,18)12-5-3-10(7-14)4-6-12/h3-6,8,16H,2,7,9H2,1H3.